The summed E-state index contributed by atoms with van der Waals surface area (Å²) in [7, 11) is 1.72. The molecule has 1 aliphatic rings. The summed E-state index contributed by atoms with van der Waals surface area (Å²) in [5.41, 5.74) is 1.31. The van der Waals surface area contributed by atoms with Crippen LogP contribution in [0.5, 0.6) is 0 Å². The van der Waals surface area contributed by atoms with Crippen molar-refractivity contribution in [2.45, 2.75) is 39.2 Å². The van der Waals surface area contributed by atoms with E-state index in [9.17, 15) is 4.79 Å². The van der Waals surface area contributed by atoms with E-state index in [2.05, 4.69) is 17.2 Å². The van der Waals surface area contributed by atoms with Gasteiger partial charge in [-0.15, -0.1) is 0 Å². The van der Waals surface area contributed by atoms with E-state index in [0.29, 0.717) is 12.1 Å². The topological polar surface area (TPSA) is 54.5 Å². The van der Waals surface area contributed by atoms with Crippen LogP contribution in [0.3, 0.4) is 0 Å². The molecule has 2 rings (SSSR count). The number of amides is 1. The number of piperidine rings is 1. The first-order valence-corrected chi connectivity index (χ1v) is 7.54. The molecule has 0 saturated carbocycles. The summed E-state index contributed by atoms with van der Waals surface area (Å²) in [4.78, 5) is 19.0. The van der Waals surface area contributed by atoms with E-state index in [0.717, 1.165) is 37.4 Å². The maximum Gasteiger partial charge on any atom is 0.254 e. The van der Waals surface area contributed by atoms with Crippen LogP contribution in [0.25, 0.3) is 0 Å². The van der Waals surface area contributed by atoms with Crippen LogP contribution in [-0.2, 0) is 4.74 Å². The van der Waals surface area contributed by atoms with E-state index < -0.39 is 0 Å². The van der Waals surface area contributed by atoms with Gasteiger partial charge in [0.15, 0.2) is 0 Å². The number of nitrogens with zero attached hydrogens (tertiary/aromatic N) is 2. The van der Waals surface area contributed by atoms with Crippen molar-refractivity contribution in [2.24, 2.45) is 0 Å². The molecule has 0 bridgehead atoms. The monoisotopic (exact) mass is 291 g/mol. The maximum atomic E-state index is 12.7. The molecule has 1 aliphatic heterocycles. The van der Waals surface area contributed by atoms with Gasteiger partial charge in [-0.2, -0.15) is 0 Å². The van der Waals surface area contributed by atoms with Crippen molar-refractivity contribution < 1.29 is 9.53 Å². The Labute approximate surface area is 126 Å². The Morgan fingerprint density at radius 1 is 1.52 bits per heavy atom. The first kappa shape index (κ1) is 15.8. The lowest BCUT2D eigenvalue weighted by Gasteiger charge is -2.39. The number of carbonyl (C=O) groups excluding carboxylic acids is 1. The molecule has 1 unspecified atom stereocenters. The molecule has 5 heteroatoms. The fraction of sp³-hybridized carbons (Fsp3) is 0.625. The van der Waals surface area contributed by atoms with Gasteiger partial charge in [-0.05, 0) is 45.7 Å². The number of hydrogen-bond acceptors (Lipinski definition) is 4. The molecule has 21 heavy (non-hydrogen) atoms. The third kappa shape index (κ3) is 3.73. The van der Waals surface area contributed by atoms with E-state index in [1.54, 1.807) is 7.11 Å². The summed E-state index contributed by atoms with van der Waals surface area (Å²) in [6, 6.07) is 3.68. The second kappa shape index (κ2) is 6.43. The van der Waals surface area contributed by atoms with E-state index in [1.165, 1.54) is 0 Å². The van der Waals surface area contributed by atoms with Gasteiger partial charge in [0, 0.05) is 38.0 Å². The number of carbonyl (C=O) groups is 1. The lowest BCUT2D eigenvalue weighted by molar-refractivity contribution is -0.0440. The first-order valence-electron chi connectivity index (χ1n) is 7.54. The molecule has 5 nitrogen and oxygen atoms in total. The maximum absolute atomic E-state index is 12.7. The number of methoxy groups -OCH3 is 1. The van der Waals surface area contributed by atoms with Crippen molar-refractivity contribution in [2.75, 3.05) is 32.1 Å². The number of anilines is 1. The third-order valence-electron chi connectivity index (χ3n) is 4.00. The zero-order chi connectivity index (χ0) is 15.5. The highest BCUT2D eigenvalue weighted by atomic mass is 16.5. The molecule has 116 valence electrons. The predicted molar refractivity (Wildman–Crippen MR) is 83.7 cm³/mol. The van der Waals surface area contributed by atoms with Crippen LogP contribution in [0.4, 0.5) is 5.82 Å². The van der Waals surface area contributed by atoms with Gasteiger partial charge in [0.1, 0.15) is 5.82 Å². The summed E-state index contributed by atoms with van der Waals surface area (Å²) in [5.74, 6) is 0.815. The largest absolute Gasteiger partial charge is 0.377 e. The molecule has 2 heterocycles. The highest BCUT2D eigenvalue weighted by Crippen LogP contribution is 2.25. The number of aromatic nitrogens is 1. The summed E-state index contributed by atoms with van der Waals surface area (Å²) >= 11 is 0. The predicted octanol–water partition coefficient (Wildman–Crippen LogP) is 2.46. The molecule has 0 aromatic carbocycles. The van der Waals surface area contributed by atoms with Gasteiger partial charge in [0.05, 0.1) is 5.60 Å². The zero-order valence-corrected chi connectivity index (χ0v) is 13.4. The average Bonchev–Trinajstić information content (AvgIpc) is 2.46. The third-order valence-corrected chi connectivity index (χ3v) is 4.00. The van der Waals surface area contributed by atoms with Crippen LogP contribution in [-0.4, -0.2) is 48.1 Å². The molecule has 1 saturated heterocycles. The molecule has 1 aromatic rings. The normalized spacial score (nSPS) is 22.2. The van der Waals surface area contributed by atoms with Crippen molar-refractivity contribution in [1.82, 2.24) is 9.88 Å². The number of nitrogens with one attached hydrogen (secondary N) is 1. The fourth-order valence-electron chi connectivity index (χ4n) is 2.79. The van der Waals surface area contributed by atoms with Crippen LogP contribution in [0.1, 0.15) is 42.7 Å². The van der Waals surface area contributed by atoms with Crippen molar-refractivity contribution in [1.29, 1.82) is 0 Å². The lowest BCUT2D eigenvalue weighted by atomic mass is 9.94. The second-order valence-corrected chi connectivity index (χ2v) is 5.90. The Bertz CT molecular complexity index is 518. The van der Waals surface area contributed by atoms with Gasteiger partial charge in [-0.3, -0.25) is 4.79 Å². The summed E-state index contributed by atoms with van der Waals surface area (Å²) in [5, 5.41) is 3.17. The highest BCUT2D eigenvalue weighted by molar-refractivity contribution is 5.95. The molecule has 0 radical (unpaired) electrons. The fourth-order valence-corrected chi connectivity index (χ4v) is 2.79. The van der Waals surface area contributed by atoms with E-state index in [-0.39, 0.29) is 11.5 Å². The van der Waals surface area contributed by atoms with Crippen LogP contribution >= 0.6 is 0 Å². The summed E-state index contributed by atoms with van der Waals surface area (Å²) in [6.07, 6.45) is 1.96. The second-order valence-electron chi connectivity index (χ2n) is 5.90. The number of aryl methyl sites for hydroxylation is 1. The molecule has 0 aliphatic carbocycles. The smallest absolute Gasteiger partial charge is 0.254 e. The molecule has 1 aromatic heterocycles. The molecule has 1 N–H and O–H groups in total. The minimum atomic E-state index is -0.236. The SMILES string of the molecule is CCNc1cc(C(=O)N2CCCC(C)(OC)C2)cc(C)n1. The van der Waals surface area contributed by atoms with Gasteiger partial charge in [-0.1, -0.05) is 0 Å². The summed E-state index contributed by atoms with van der Waals surface area (Å²) < 4.78 is 5.56. The molecule has 0 spiro atoms. The Kier molecular flexibility index (Phi) is 4.83. The minimum Gasteiger partial charge on any atom is -0.377 e. The number of ether oxygens (including phenoxy) is 1. The minimum absolute atomic E-state index is 0.0580. The van der Waals surface area contributed by atoms with Crippen molar-refractivity contribution in [3.05, 3.63) is 23.4 Å². The Balaban J connectivity index is 2.19. The van der Waals surface area contributed by atoms with E-state index in [4.69, 9.17) is 4.74 Å². The van der Waals surface area contributed by atoms with Gasteiger partial charge < -0.3 is 15.0 Å². The van der Waals surface area contributed by atoms with Crippen LogP contribution in [0.2, 0.25) is 0 Å². The van der Waals surface area contributed by atoms with Crippen molar-refractivity contribution in [3.8, 4) is 0 Å². The first-order chi connectivity index (χ1) is 9.97. The molecule has 1 fully saturated rings. The number of hydrogen-bond donors (Lipinski definition) is 1. The zero-order valence-electron chi connectivity index (χ0n) is 13.4. The van der Waals surface area contributed by atoms with Gasteiger partial charge in [0.25, 0.3) is 5.91 Å². The molecular weight excluding hydrogens is 266 g/mol. The van der Waals surface area contributed by atoms with E-state index >= 15 is 0 Å². The van der Waals surface area contributed by atoms with Gasteiger partial charge in [-0.25, -0.2) is 4.98 Å². The molecular formula is C16H25N3O2. The van der Waals surface area contributed by atoms with Crippen LogP contribution in [0.15, 0.2) is 12.1 Å². The highest BCUT2D eigenvalue weighted by Gasteiger charge is 2.33. The lowest BCUT2D eigenvalue weighted by Crippen LogP contribution is -2.49. The van der Waals surface area contributed by atoms with Crippen molar-refractivity contribution in [3.63, 3.8) is 0 Å². The quantitative estimate of drug-likeness (QED) is 0.926. The molecule has 1 atom stereocenters. The molecule has 1 amide bonds. The van der Waals surface area contributed by atoms with Gasteiger partial charge >= 0.3 is 0 Å². The Morgan fingerprint density at radius 2 is 2.29 bits per heavy atom. The average molecular weight is 291 g/mol. The number of rotatable bonds is 4. The number of pyridine rings is 1. The summed E-state index contributed by atoms with van der Waals surface area (Å²) in [6.45, 7) is 8.20. The number of likely N-dealkylation sites (tertiary alicyclic amines) is 1. The van der Waals surface area contributed by atoms with Crippen molar-refractivity contribution >= 4 is 11.7 Å². The Hall–Kier alpha value is -1.62. The van der Waals surface area contributed by atoms with Gasteiger partial charge in [0.2, 0.25) is 0 Å². The Morgan fingerprint density at radius 3 is 2.95 bits per heavy atom. The standard InChI is InChI=1S/C16H25N3O2/c1-5-17-14-10-13(9-12(2)18-14)15(20)19-8-6-7-16(3,11-19)21-4/h9-10H,5-8,11H2,1-4H3,(H,17,18). The van der Waals surface area contributed by atoms with E-state index in [1.807, 2.05) is 30.9 Å². The van der Waals surface area contributed by atoms with Crippen LogP contribution in [0, 0.1) is 6.92 Å². The van der Waals surface area contributed by atoms with Crippen LogP contribution < -0.4 is 5.32 Å².